The number of nitrogens with zero attached hydrogens (tertiary/aromatic N) is 1. The molecule has 0 amide bonds. The first-order valence-corrected chi connectivity index (χ1v) is 19.4. The number of fused-ring (bicyclic) bond motifs is 7. The average molecular weight is 725 g/mol. The summed E-state index contributed by atoms with van der Waals surface area (Å²) in [5, 5.41) is 3.46. The number of aromatic nitrogens is 1. The number of hydrogen-bond donors (Lipinski definition) is 0. The van der Waals surface area contributed by atoms with Crippen LogP contribution in [0.4, 0.5) is 0 Å². The average Bonchev–Trinajstić information content (AvgIpc) is 3.48. The van der Waals surface area contributed by atoms with Gasteiger partial charge in [0.15, 0.2) is 0 Å². The van der Waals surface area contributed by atoms with Gasteiger partial charge in [-0.15, -0.1) is 0 Å². The molecule has 8 aromatic rings. The van der Waals surface area contributed by atoms with Gasteiger partial charge in [-0.05, 0) is 0 Å². The number of benzene rings is 7. The first kappa shape index (κ1) is 30.1. The van der Waals surface area contributed by atoms with Gasteiger partial charge in [-0.1, -0.05) is 0 Å². The normalized spacial score (nSPS) is 13.1. The quantitative estimate of drug-likeness (QED) is 0.161. The van der Waals surface area contributed by atoms with Crippen LogP contribution in [0.25, 0.3) is 60.9 Å². The summed E-state index contributed by atoms with van der Waals surface area (Å²) >= 11 is 7.41. The topological polar surface area (TPSA) is 4.93 Å². The Morgan fingerprint density at radius 1 is 0.560 bits per heavy atom. The van der Waals surface area contributed by atoms with Gasteiger partial charge in [-0.3, -0.25) is 0 Å². The molecule has 0 N–H and O–H groups in total. The van der Waals surface area contributed by atoms with Crippen LogP contribution < -0.4 is 25.3 Å². The first-order valence-electron chi connectivity index (χ1n) is 17.3. The monoisotopic (exact) mass is 725 g/mol. The van der Waals surface area contributed by atoms with Gasteiger partial charge in [0.25, 0.3) is 0 Å². The van der Waals surface area contributed by atoms with E-state index >= 15 is 0 Å². The maximum absolute atomic E-state index is 7.35. The molecule has 238 valence electrons. The predicted molar refractivity (Wildman–Crippen MR) is 217 cm³/mol. The molecule has 0 spiro atoms. The molecule has 10 rings (SSSR count). The molecule has 0 atom stereocenters. The van der Waals surface area contributed by atoms with E-state index in [2.05, 4.69) is 171 Å². The zero-order valence-electron chi connectivity index (χ0n) is 28.2. The Balaban J connectivity index is 1.36. The summed E-state index contributed by atoms with van der Waals surface area (Å²) in [4.78, 5) is 0. The van der Waals surface area contributed by atoms with Crippen LogP contribution in [-0.4, -0.2) is 26.2 Å². The second-order valence-electron chi connectivity index (χ2n) is 14.7. The Morgan fingerprint density at radius 2 is 1.14 bits per heavy atom. The van der Waals surface area contributed by atoms with Gasteiger partial charge in [0.1, 0.15) is 0 Å². The fourth-order valence-corrected chi connectivity index (χ4v) is 11.1. The van der Waals surface area contributed by atoms with Crippen LogP contribution in [0, 0.1) is 0 Å². The second-order valence-corrected chi connectivity index (χ2v) is 17.3. The molecule has 4 heteroatoms. The van der Waals surface area contributed by atoms with Crippen molar-refractivity contribution in [3.8, 4) is 39.1 Å². The van der Waals surface area contributed by atoms with Gasteiger partial charge in [-0.2, -0.15) is 0 Å². The van der Waals surface area contributed by atoms with Gasteiger partial charge in [0.2, 0.25) is 0 Å². The SMILES string of the molecule is CC(C)(C)c1cc2c3c(c1)-n1c4ccc(-c5ccccc5)cc4c4cc(-c5ccccc5)cc(c41)B3c1cc(-c3ccccc3)cc(Cl)c1[Se]2. The fourth-order valence-electron chi connectivity index (χ4n) is 8.18. The van der Waals surface area contributed by atoms with Crippen molar-refractivity contribution in [1.29, 1.82) is 0 Å². The van der Waals surface area contributed by atoms with Crippen LogP contribution in [0.1, 0.15) is 26.3 Å². The molecule has 0 radical (unpaired) electrons. The molecule has 0 fully saturated rings. The van der Waals surface area contributed by atoms with E-state index in [0.717, 1.165) is 5.02 Å². The third-order valence-electron chi connectivity index (χ3n) is 10.6. The minimum atomic E-state index is -0.00165. The molecular weight excluding hydrogens is 692 g/mol. The van der Waals surface area contributed by atoms with E-state index in [4.69, 9.17) is 11.6 Å². The molecule has 1 nitrogen and oxygen atoms in total. The predicted octanol–water partition coefficient (Wildman–Crippen LogP) is 8.53. The van der Waals surface area contributed by atoms with Crippen molar-refractivity contribution < 1.29 is 0 Å². The van der Waals surface area contributed by atoms with E-state index in [1.807, 2.05) is 0 Å². The summed E-state index contributed by atoms with van der Waals surface area (Å²) < 4.78 is 5.35. The van der Waals surface area contributed by atoms with Crippen molar-refractivity contribution in [2.24, 2.45) is 0 Å². The Bertz CT molecular complexity index is 2650. The van der Waals surface area contributed by atoms with Gasteiger partial charge >= 0.3 is 306 Å². The Labute approximate surface area is 304 Å². The molecule has 2 aliphatic heterocycles. The van der Waals surface area contributed by atoms with Gasteiger partial charge < -0.3 is 0 Å². The third kappa shape index (κ3) is 4.54. The molecule has 0 bridgehead atoms. The van der Waals surface area contributed by atoms with Crippen molar-refractivity contribution in [2.75, 3.05) is 0 Å². The Hall–Kier alpha value is -4.79. The van der Waals surface area contributed by atoms with E-state index in [0.29, 0.717) is 0 Å². The van der Waals surface area contributed by atoms with Crippen molar-refractivity contribution in [1.82, 2.24) is 4.57 Å². The molecule has 7 aromatic carbocycles. The fraction of sp³-hybridized carbons (Fsp3) is 0.0870. The molecule has 3 heterocycles. The van der Waals surface area contributed by atoms with E-state index in [1.165, 1.54) is 91.7 Å². The van der Waals surface area contributed by atoms with E-state index in [9.17, 15) is 0 Å². The summed E-state index contributed by atoms with van der Waals surface area (Å²) in [6.07, 6.45) is 0. The molecule has 2 aliphatic rings. The molecular formula is C46H33BClNSe. The summed E-state index contributed by atoms with van der Waals surface area (Å²) in [6, 6.07) is 53.9. The van der Waals surface area contributed by atoms with Crippen LogP contribution in [0.5, 0.6) is 0 Å². The maximum atomic E-state index is 7.35. The zero-order valence-corrected chi connectivity index (χ0v) is 30.6. The third-order valence-corrected chi connectivity index (χ3v) is 13.7. The molecule has 1 aromatic heterocycles. The first-order chi connectivity index (χ1) is 24.3. The zero-order chi connectivity index (χ0) is 33.7. The van der Waals surface area contributed by atoms with Crippen molar-refractivity contribution in [2.45, 2.75) is 26.2 Å². The second kappa shape index (κ2) is 11.1. The van der Waals surface area contributed by atoms with Crippen LogP contribution in [0.3, 0.4) is 0 Å². The van der Waals surface area contributed by atoms with Gasteiger partial charge in [0.05, 0.1) is 0 Å². The number of hydrogen-bond acceptors (Lipinski definition) is 0. The van der Waals surface area contributed by atoms with Crippen LogP contribution in [-0.2, 0) is 5.41 Å². The Kier molecular flexibility index (Phi) is 6.68. The molecule has 0 aliphatic carbocycles. The van der Waals surface area contributed by atoms with Crippen molar-refractivity contribution in [3.63, 3.8) is 0 Å². The van der Waals surface area contributed by atoms with Gasteiger partial charge in [0, 0.05) is 0 Å². The van der Waals surface area contributed by atoms with Crippen molar-refractivity contribution in [3.05, 3.63) is 156 Å². The molecule has 0 saturated heterocycles. The summed E-state index contributed by atoms with van der Waals surface area (Å²) in [6.45, 7) is 7.07. The van der Waals surface area contributed by atoms with Crippen LogP contribution in [0.2, 0.25) is 5.02 Å². The van der Waals surface area contributed by atoms with E-state index in [-0.39, 0.29) is 27.1 Å². The standard InChI is InChI=1S/C46H33BClNSe/c1-46(2,3)34-26-41-43-42(27-34)50-45-38(24-33(25-39(45)48)30-17-11-6-12-18-30)47(43)37-23-32(29-15-9-5-10-16-29)22-36-35-21-31(28-13-7-4-8-14-28)19-20-40(35)49(41)44(36)37/h4-27H,1-3H3. The molecule has 50 heavy (non-hydrogen) atoms. The van der Waals surface area contributed by atoms with Crippen LogP contribution >= 0.6 is 11.6 Å². The number of rotatable bonds is 3. The van der Waals surface area contributed by atoms with E-state index < -0.39 is 0 Å². The Morgan fingerprint density at radius 3 is 1.78 bits per heavy atom. The van der Waals surface area contributed by atoms with Crippen LogP contribution in [0.15, 0.2) is 146 Å². The summed E-state index contributed by atoms with van der Waals surface area (Å²) in [5.41, 5.74) is 16.7. The summed E-state index contributed by atoms with van der Waals surface area (Å²) in [5.74, 6) is 0. The van der Waals surface area contributed by atoms with Gasteiger partial charge in [-0.25, -0.2) is 0 Å². The van der Waals surface area contributed by atoms with Crippen molar-refractivity contribution >= 4 is 80.4 Å². The molecule has 0 unspecified atom stereocenters. The minimum absolute atomic E-state index is 0.00165. The molecule has 0 saturated carbocycles. The summed E-state index contributed by atoms with van der Waals surface area (Å²) in [7, 11) is 0. The van der Waals surface area contributed by atoms with E-state index in [1.54, 1.807) is 0 Å². The number of halogens is 1.